The molecule has 2 heterocycles. The van der Waals surface area contributed by atoms with Crippen molar-refractivity contribution in [2.75, 3.05) is 36.5 Å². The van der Waals surface area contributed by atoms with E-state index in [0.29, 0.717) is 36.6 Å². The van der Waals surface area contributed by atoms with Gasteiger partial charge in [-0.05, 0) is 23.4 Å². The highest BCUT2D eigenvalue weighted by Crippen LogP contribution is 2.16. The van der Waals surface area contributed by atoms with Crippen LogP contribution in [0.15, 0.2) is 28.8 Å². The summed E-state index contributed by atoms with van der Waals surface area (Å²) in [5.41, 5.74) is 0.920. The first-order chi connectivity index (χ1) is 9.81. The van der Waals surface area contributed by atoms with Crippen LogP contribution in [0.25, 0.3) is 0 Å². The number of rotatable bonds is 4. The second-order valence-corrected chi connectivity index (χ2v) is 4.89. The summed E-state index contributed by atoms with van der Waals surface area (Å²) < 4.78 is 10.5. The number of nitrogens with one attached hydrogen (secondary N) is 1. The van der Waals surface area contributed by atoms with Gasteiger partial charge in [-0.25, -0.2) is 0 Å². The molecule has 1 aliphatic heterocycles. The number of hydrogen-bond acceptors (Lipinski definition) is 6. The molecule has 1 aromatic carbocycles. The smallest absolute Gasteiger partial charge is 0.266 e. The van der Waals surface area contributed by atoms with E-state index < -0.39 is 0 Å². The van der Waals surface area contributed by atoms with E-state index in [4.69, 9.17) is 20.9 Å². The Morgan fingerprint density at radius 3 is 2.95 bits per heavy atom. The molecule has 1 fully saturated rings. The molecule has 0 saturated carbocycles. The Balaban J connectivity index is 1.59. The summed E-state index contributed by atoms with van der Waals surface area (Å²) in [5, 5.41) is 7.87. The van der Waals surface area contributed by atoms with Gasteiger partial charge in [-0.3, -0.25) is 0 Å². The van der Waals surface area contributed by atoms with Crippen LogP contribution in [0.3, 0.4) is 0 Å². The third-order valence-electron chi connectivity index (χ3n) is 3.02. The minimum atomic E-state index is 0.470. The van der Waals surface area contributed by atoms with E-state index in [1.165, 1.54) is 0 Å². The highest BCUT2D eigenvalue weighted by Gasteiger charge is 2.16. The Labute approximate surface area is 121 Å². The van der Waals surface area contributed by atoms with Crippen LogP contribution in [-0.2, 0) is 11.3 Å². The second-order valence-electron chi connectivity index (χ2n) is 4.45. The molecule has 0 spiro atoms. The minimum Gasteiger partial charge on any atom is -0.378 e. The first-order valence-electron chi connectivity index (χ1n) is 6.46. The molecule has 1 N–H and O–H groups in total. The monoisotopic (exact) mass is 294 g/mol. The lowest BCUT2D eigenvalue weighted by molar-refractivity contribution is 0.121. The van der Waals surface area contributed by atoms with Crippen molar-refractivity contribution in [3.8, 4) is 0 Å². The van der Waals surface area contributed by atoms with Crippen LogP contribution in [0, 0.1) is 0 Å². The summed E-state index contributed by atoms with van der Waals surface area (Å²) in [5.74, 6) is 1.17. The Hall–Kier alpha value is -1.79. The standard InChI is InChI=1S/C13H15ClN4O2/c14-10-2-1-3-11(8-10)15-9-12-16-13(17-20-12)18-4-6-19-7-5-18/h1-3,8,15H,4-7,9H2. The normalized spacial score (nSPS) is 15.3. The molecule has 1 aromatic heterocycles. The van der Waals surface area contributed by atoms with Crippen molar-refractivity contribution in [1.82, 2.24) is 10.1 Å². The molecular formula is C13H15ClN4O2. The molecule has 2 aromatic rings. The first kappa shape index (κ1) is 13.2. The van der Waals surface area contributed by atoms with Gasteiger partial charge in [-0.2, -0.15) is 4.98 Å². The lowest BCUT2D eigenvalue weighted by Crippen LogP contribution is -2.36. The molecule has 6 nitrogen and oxygen atoms in total. The zero-order valence-corrected chi connectivity index (χ0v) is 11.6. The third kappa shape index (κ3) is 3.20. The number of nitrogens with zero attached hydrogens (tertiary/aromatic N) is 3. The summed E-state index contributed by atoms with van der Waals surface area (Å²) in [4.78, 5) is 6.42. The summed E-state index contributed by atoms with van der Waals surface area (Å²) in [6, 6.07) is 7.50. The average molecular weight is 295 g/mol. The number of morpholine rings is 1. The molecule has 1 aliphatic rings. The first-order valence-corrected chi connectivity index (χ1v) is 6.84. The van der Waals surface area contributed by atoms with E-state index in [1.54, 1.807) is 0 Å². The van der Waals surface area contributed by atoms with E-state index in [9.17, 15) is 0 Å². The van der Waals surface area contributed by atoms with Crippen molar-refractivity contribution in [2.45, 2.75) is 6.54 Å². The van der Waals surface area contributed by atoms with Crippen LogP contribution in [0.5, 0.6) is 0 Å². The molecule has 0 radical (unpaired) electrons. The number of hydrogen-bond donors (Lipinski definition) is 1. The van der Waals surface area contributed by atoms with Crippen molar-refractivity contribution in [2.24, 2.45) is 0 Å². The highest BCUT2D eigenvalue weighted by atomic mass is 35.5. The fourth-order valence-corrected chi connectivity index (χ4v) is 2.18. The fraction of sp³-hybridized carbons (Fsp3) is 0.385. The summed E-state index contributed by atoms with van der Waals surface area (Å²) in [6.07, 6.45) is 0. The van der Waals surface area contributed by atoms with Crippen LogP contribution in [0.2, 0.25) is 5.02 Å². The van der Waals surface area contributed by atoms with Crippen molar-refractivity contribution in [1.29, 1.82) is 0 Å². The lowest BCUT2D eigenvalue weighted by Gasteiger charge is -2.24. The number of halogens is 1. The van der Waals surface area contributed by atoms with Gasteiger partial charge in [0.15, 0.2) is 0 Å². The SMILES string of the molecule is Clc1cccc(NCc2nc(N3CCOCC3)no2)c1. The largest absolute Gasteiger partial charge is 0.378 e. The maximum absolute atomic E-state index is 5.92. The van der Waals surface area contributed by atoms with Crippen molar-refractivity contribution in [3.63, 3.8) is 0 Å². The summed E-state index contributed by atoms with van der Waals surface area (Å²) in [7, 11) is 0. The van der Waals surface area contributed by atoms with Gasteiger partial charge in [0.05, 0.1) is 19.8 Å². The summed E-state index contributed by atoms with van der Waals surface area (Å²) >= 11 is 5.92. The molecule has 0 atom stereocenters. The topological polar surface area (TPSA) is 63.4 Å². The Morgan fingerprint density at radius 2 is 2.15 bits per heavy atom. The van der Waals surface area contributed by atoms with Gasteiger partial charge in [0.25, 0.3) is 5.95 Å². The highest BCUT2D eigenvalue weighted by molar-refractivity contribution is 6.30. The van der Waals surface area contributed by atoms with Crippen LogP contribution in [0.1, 0.15) is 5.89 Å². The number of benzene rings is 1. The van der Waals surface area contributed by atoms with Crippen LogP contribution in [0.4, 0.5) is 11.6 Å². The maximum atomic E-state index is 5.92. The quantitative estimate of drug-likeness (QED) is 0.932. The number of aromatic nitrogens is 2. The van der Waals surface area contributed by atoms with Gasteiger partial charge in [0.2, 0.25) is 5.89 Å². The average Bonchev–Trinajstić information content (AvgIpc) is 2.95. The van der Waals surface area contributed by atoms with Crippen LogP contribution in [-0.4, -0.2) is 36.4 Å². The van der Waals surface area contributed by atoms with Crippen molar-refractivity contribution < 1.29 is 9.26 Å². The van der Waals surface area contributed by atoms with Gasteiger partial charge < -0.3 is 19.5 Å². The van der Waals surface area contributed by atoms with E-state index >= 15 is 0 Å². The van der Waals surface area contributed by atoms with Crippen molar-refractivity contribution in [3.05, 3.63) is 35.2 Å². The van der Waals surface area contributed by atoms with Crippen molar-refractivity contribution >= 4 is 23.2 Å². The van der Waals surface area contributed by atoms with Gasteiger partial charge in [-0.15, -0.1) is 0 Å². The minimum absolute atomic E-state index is 0.470. The lowest BCUT2D eigenvalue weighted by atomic mass is 10.3. The van der Waals surface area contributed by atoms with E-state index in [-0.39, 0.29) is 0 Å². The molecule has 0 unspecified atom stereocenters. The molecule has 1 saturated heterocycles. The third-order valence-corrected chi connectivity index (χ3v) is 3.25. The molecule has 0 bridgehead atoms. The van der Waals surface area contributed by atoms with Gasteiger partial charge in [0, 0.05) is 23.8 Å². The molecule has 7 heteroatoms. The van der Waals surface area contributed by atoms with E-state index in [2.05, 4.69) is 20.4 Å². The zero-order chi connectivity index (χ0) is 13.8. The van der Waals surface area contributed by atoms with Gasteiger partial charge >= 0.3 is 0 Å². The predicted molar refractivity (Wildman–Crippen MR) is 76.1 cm³/mol. The molecule has 20 heavy (non-hydrogen) atoms. The molecule has 106 valence electrons. The second kappa shape index (κ2) is 6.11. The van der Waals surface area contributed by atoms with Gasteiger partial charge in [0.1, 0.15) is 0 Å². The number of ether oxygens (including phenoxy) is 1. The molecule has 0 aliphatic carbocycles. The Kier molecular flexibility index (Phi) is 4.03. The predicted octanol–water partition coefficient (Wildman–Crippen LogP) is 2.17. The Bertz CT molecular complexity index is 569. The molecule has 0 amide bonds. The summed E-state index contributed by atoms with van der Waals surface area (Å²) in [6.45, 7) is 3.45. The van der Waals surface area contributed by atoms with Crippen LogP contribution < -0.4 is 10.2 Å². The Morgan fingerprint density at radius 1 is 1.30 bits per heavy atom. The van der Waals surface area contributed by atoms with Gasteiger partial charge in [-0.1, -0.05) is 17.7 Å². The maximum Gasteiger partial charge on any atom is 0.266 e. The van der Waals surface area contributed by atoms with Crippen LogP contribution >= 0.6 is 11.6 Å². The molecule has 3 rings (SSSR count). The molecular weight excluding hydrogens is 280 g/mol. The zero-order valence-electron chi connectivity index (χ0n) is 10.9. The van der Waals surface area contributed by atoms with E-state index in [0.717, 1.165) is 18.8 Å². The van der Waals surface area contributed by atoms with E-state index in [1.807, 2.05) is 24.3 Å². The fourth-order valence-electron chi connectivity index (χ4n) is 1.99. The number of anilines is 2.